The molecular formula is C16H11FN4O. The van der Waals surface area contributed by atoms with Crippen LogP contribution in [0.3, 0.4) is 0 Å². The van der Waals surface area contributed by atoms with Crippen LogP contribution in [0.15, 0.2) is 53.5 Å². The third-order valence-electron chi connectivity index (χ3n) is 3.47. The van der Waals surface area contributed by atoms with E-state index in [0.29, 0.717) is 5.89 Å². The molecule has 2 aromatic carbocycles. The lowest BCUT2D eigenvalue weighted by Crippen LogP contribution is -1.91. The molecule has 4 rings (SSSR count). The van der Waals surface area contributed by atoms with Gasteiger partial charge in [-0.25, -0.2) is 9.37 Å². The predicted molar refractivity (Wildman–Crippen MR) is 79.1 cm³/mol. The molecule has 108 valence electrons. The molecule has 0 amide bonds. The minimum atomic E-state index is -0.286. The lowest BCUT2D eigenvalue weighted by Gasteiger charge is -2.02. The van der Waals surface area contributed by atoms with Gasteiger partial charge >= 0.3 is 0 Å². The van der Waals surface area contributed by atoms with Crippen LogP contribution in [0.25, 0.3) is 28.2 Å². The van der Waals surface area contributed by atoms with Gasteiger partial charge in [0.25, 0.3) is 0 Å². The Kier molecular flexibility index (Phi) is 2.75. The van der Waals surface area contributed by atoms with Crippen LogP contribution in [0.1, 0.15) is 5.56 Å². The summed E-state index contributed by atoms with van der Waals surface area (Å²) in [5, 5.41) is 7.61. The Balaban J connectivity index is 1.87. The number of aromatic nitrogens is 4. The van der Waals surface area contributed by atoms with Crippen molar-refractivity contribution in [2.24, 2.45) is 0 Å². The maximum Gasteiger partial charge on any atom is 0.227 e. The van der Waals surface area contributed by atoms with Crippen molar-refractivity contribution in [3.05, 3.63) is 60.4 Å². The molecule has 2 aromatic heterocycles. The molecule has 0 saturated heterocycles. The molecule has 4 aromatic rings. The highest BCUT2D eigenvalue weighted by Gasteiger charge is 2.12. The molecule has 0 fully saturated rings. The maximum absolute atomic E-state index is 13.0. The number of hydrogen-bond donors (Lipinski definition) is 0. The highest BCUT2D eigenvalue weighted by Crippen LogP contribution is 2.28. The molecule has 0 saturated carbocycles. The van der Waals surface area contributed by atoms with E-state index in [1.54, 1.807) is 29.4 Å². The van der Waals surface area contributed by atoms with Gasteiger partial charge in [-0.15, -0.1) is 10.2 Å². The minimum Gasteiger partial charge on any atom is -0.436 e. The van der Waals surface area contributed by atoms with Crippen molar-refractivity contribution in [3.63, 3.8) is 0 Å². The van der Waals surface area contributed by atoms with Gasteiger partial charge in [0, 0.05) is 5.56 Å². The van der Waals surface area contributed by atoms with E-state index < -0.39 is 0 Å². The number of fused-ring (bicyclic) bond motifs is 1. The molecule has 5 nitrogen and oxygen atoms in total. The summed E-state index contributed by atoms with van der Waals surface area (Å²) in [5.74, 6) is 0.185. The van der Waals surface area contributed by atoms with Gasteiger partial charge in [0.15, 0.2) is 5.58 Å². The first-order valence-electron chi connectivity index (χ1n) is 6.73. The van der Waals surface area contributed by atoms with Gasteiger partial charge in [0.2, 0.25) is 5.89 Å². The minimum absolute atomic E-state index is 0.286. The molecule has 0 aliphatic rings. The molecule has 0 atom stereocenters. The van der Waals surface area contributed by atoms with E-state index >= 15 is 0 Å². The fraction of sp³-hybridized carbons (Fsp3) is 0.0625. The zero-order valence-corrected chi connectivity index (χ0v) is 11.7. The zero-order chi connectivity index (χ0) is 15.1. The first kappa shape index (κ1) is 12.7. The summed E-state index contributed by atoms with van der Waals surface area (Å²) in [6, 6.07) is 9.96. The summed E-state index contributed by atoms with van der Waals surface area (Å²) in [6.45, 7) is 1.95. The summed E-state index contributed by atoms with van der Waals surface area (Å²) < 4.78 is 20.6. The van der Waals surface area contributed by atoms with E-state index in [2.05, 4.69) is 15.2 Å². The molecule has 0 aliphatic heterocycles. The predicted octanol–water partition coefficient (Wildman–Crippen LogP) is 3.52. The van der Waals surface area contributed by atoms with Crippen molar-refractivity contribution in [2.75, 3.05) is 0 Å². The lowest BCUT2D eigenvalue weighted by atomic mass is 10.2. The fourth-order valence-electron chi connectivity index (χ4n) is 2.38. The molecule has 22 heavy (non-hydrogen) atoms. The van der Waals surface area contributed by atoms with E-state index in [0.717, 1.165) is 27.9 Å². The van der Waals surface area contributed by atoms with Gasteiger partial charge in [-0.1, -0.05) is 0 Å². The number of benzene rings is 2. The SMILES string of the molecule is Cc1cc(-n2cnnc2)cc2nc(-c3ccc(F)cc3)oc12. The first-order chi connectivity index (χ1) is 10.7. The molecule has 0 N–H and O–H groups in total. The van der Waals surface area contributed by atoms with Crippen LogP contribution in [0, 0.1) is 12.7 Å². The highest BCUT2D eigenvalue weighted by molar-refractivity contribution is 5.81. The Labute approximate surface area is 125 Å². The second-order valence-electron chi connectivity index (χ2n) is 5.01. The molecule has 0 spiro atoms. The highest BCUT2D eigenvalue weighted by atomic mass is 19.1. The Morgan fingerprint density at radius 2 is 1.77 bits per heavy atom. The normalized spacial score (nSPS) is 11.2. The summed E-state index contributed by atoms with van der Waals surface area (Å²) >= 11 is 0. The monoisotopic (exact) mass is 294 g/mol. The maximum atomic E-state index is 13.0. The van der Waals surface area contributed by atoms with E-state index in [1.807, 2.05) is 19.1 Å². The quantitative estimate of drug-likeness (QED) is 0.567. The summed E-state index contributed by atoms with van der Waals surface area (Å²) in [4.78, 5) is 4.50. The van der Waals surface area contributed by atoms with Crippen LogP contribution in [0.4, 0.5) is 4.39 Å². The second kappa shape index (κ2) is 4.77. The summed E-state index contributed by atoms with van der Waals surface area (Å²) in [5.41, 5.74) is 4.07. The van der Waals surface area contributed by atoms with E-state index in [1.165, 1.54) is 12.1 Å². The van der Waals surface area contributed by atoms with Gasteiger partial charge in [0.05, 0.1) is 5.69 Å². The van der Waals surface area contributed by atoms with E-state index in [4.69, 9.17) is 4.42 Å². The van der Waals surface area contributed by atoms with Crippen LogP contribution in [0.5, 0.6) is 0 Å². The Bertz CT molecular complexity index is 942. The first-order valence-corrected chi connectivity index (χ1v) is 6.73. The Morgan fingerprint density at radius 1 is 1.05 bits per heavy atom. The van der Waals surface area contributed by atoms with Crippen molar-refractivity contribution in [3.8, 4) is 17.1 Å². The van der Waals surface area contributed by atoms with Crippen LogP contribution >= 0.6 is 0 Å². The average Bonchev–Trinajstić information content (AvgIpc) is 3.17. The molecule has 0 bridgehead atoms. The average molecular weight is 294 g/mol. The van der Waals surface area contributed by atoms with Crippen LogP contribution in [-0.2, 0) is 0 Å². The molecule has 0 unspecified atom stereocenters. The van der Waals surface area contributed by atoms with Crippen LogP contribution < -0.4 is 0 Å². The van der Waals surface area contributed by atoms with Crippen molar-refractivity contribution in [1.82, 2.24) is 19.7 Å². The van der Waals surface area contributed by atoms with Crippen LogP contribution in [-0.4, -0.2) is 19.7 Å². The zero-order valence-electron chi connectivity index (χ0n) is 11.7. The van der Waals surface area contributed by atoms with Crippen LogP contribution in [0.2, 0.25) is 0 Å². The van der Waals surface area contributed by atoms with Crippen molar-refractivity contribution in [2.45, 2.75) is 6.92 Å². The Hall–Kier alpha value is -3.02. The van der Waals surface area contributed by atoms with Crippen molar-refractivity contribution >= 4 is 11.1 Å². The number of rotatable bonds is 2. The van der Waals surface area contributed by atoms with Gasteiger partial charge in [-0.2, -0.15) is 0 Å². The molecule has 0 aliphatic carbocycles. The van der Waals surface area contributed by atoms with Gasteiger partial charge in [0.1, 0.15) is 24.0 Å². The summed E-state index contributed by atoms with van der Waals surface area (Å²) in [7, 11) is 0. The third kappa shape index (κ3) is 2.05. The topological polar surface area (TPSA) is 56.7 Å². The molecule has 6 heteroatoms. The number of nitrogens with zero attached hydrogens (tertiary/aromatic N) is 4. The number of oxazole rings is 1. The number of aryl methyl sites for hydroxylation is 1. The standard InChI is InChI=1S/C16H11FN4O/c1-10-6-13(21-8-18-19-9-21)7-14-15(10)22-16(20-14)11-2-4-12(17)5-3-11/h2-9H,1H3. The van der Waals surface area contributed by atoms with Gasteiger partial charge < -0.3 is 4.42 Å². The van der Waals surface area contributed by atoms with E-state index in [-0.39, 0.29) is 5.82 Å². The smallest absolute Gasteiger partial charge is 0.227 e. The third-order valence-corrected chi connectivity index (χ3v) is 3.47. The second-order valence-corrected chi connectivity index (χ2v) is 5.01. The van der Waals surface area contributed by atoms with Crippen molar-refractivity contribution < 1.29 is 8.81 Å². The number of halogens is 1. The fourth-order valence-corrected chi connectivity index (χ4v) is 2.38. The lowest BCUT2D eigenvalue weighted by molar-refractivity contribution is 0.614. The van der Waals surface area contributed by atoms with E-state index in [9.17, 15) is 4.39 Å². The number of hydrogen-bond acceptors (Lipinski definition) is 4. The Morgan fingerprint density at radius 3 is 2.50 bits per heavy atom. The van der Waals surface area contributed by atoms with Crippen molar-refractivity contribution in [1.29, 1.82) is 0 Å². The van der Waals surface area contributed by atoms with Gasteiger partial charge in [-0.3, -0.25) is 4.57 Å². The largest absolute Gasteiger partial charge is 0.436 e. The summed E-state index contributed by atoms with van der Waals surface area (Å²) in [6.07, 6.45) is 3.25. The molecule has 2 heterocycles. The molecule has 0 radical (unpaired) electrons. The molecular weight excluding hydrogens is 283 g/mol. The van der Waals surface area contributed by atoms with Gasteiger partial charge in [-0.05, 0) is 48.9 Å².